The van der Waals surface area contributed by atoms with Crippen molar-refractivity contribution in [1.82, 2.24) is 14.7 Å². The Kier molecular flexibility index (Phi) is 7.15. The molecule has 0 aromatic heterocycles. The highest BCUT2D eigenvalue weighted by molar-refractivity contribution is 7.99. The zero-order valence-corrected chi connectivity index (χ0v) is 20.8. The van der Waals surface area contributed by atoms with Crippen LogP contribution >= 0.6 is 23.4 Å². The van der Waals surface area contributed by atoms with Gasteiger partial charge in [-0.05, 0) is 75.7 Å². The monoisotopic (exact) mass is 479 g/mol. The first-order valence-corrected chi connectivity index (χ1v) is 13.2. The molecule has 3 aliphatic heterocycles. The van der Waals surface area contributed by atoms with Crippen molar-refractivity contribution in [1.29, 1.82) is 0 Å². The van der Waals surface area contributed by atoms with Crippen LogP contribution in [0.1, 0.15) is 58.1 Å². The molecule has 32 heavy (non-hydrogen) atoms. The number of thioether (sulfide) groups is 1. The number of amides is 3. The normalized spacial score (nSPS) is 23.7. The lowest BCUT2D eigenvalue weighted by atomic mass is 9.99. The minimum Gasteiger partial charge on any atom is -0.444 e. The maximum atomic E-state index is 13.7. The van der Waals surface area contributed by atoms with E-state index >= 15 is 0 Å². The first kappa shape index (κ1) is 23.6. The Labute approximate surface area is 200 Å². The lowest BCUT2D eigenvalue weighted by molar-refractivity contribution is 0.0157. The number of hydrogen-bond donors (Lipinski definition) is 0. The number of ether oxygens (including phenoxy) is 1. The maximum absolute atomic E-state index is 13.7. The van der Waals surface area contributed by atoms with E-state index < -0.39 is 5.60 Å². The Balaban J connectivity index is 1.50. The van der Waals surface area contributed by atoms with Crippen molar-refractivity contribution in [3.63, 3.8) is 0 Å². The largest absolute Gasteiger partial charge is 0.444 e. The summed E-state index contributed by atoms with van der Waals surface area (Å²) in [5.41, 5.74) is 0.586. The molecule has 3 amide bonds. The Bertz CT molecular complexity index is 832. The van der Waals surface area contributed by atoms with Crippen molar-refractivity contribution in [3.8, 4) is 0 Å². The third-order valence-electron chi connectivity index (χ3n) is 6.55. The smallest absolute Gasteiger partial charge is 0.410 e. The summed E-state index contributed by atoms with van der Waals surface area (Å²) in [7, 11) is 0. The van der Waals surface area contributed by atoms with E-state index in [1.807, 2.05) is 50.7 Å². The highest BCUT2D eigenvalue weighted by Crippen LogP contribution is 2.38. The van der Waals surface area contributed by atoms with Gasteiger partial charge in [-0.25, -0.2) is 9.59 Å². The molecule has 3 heterocycles. The molecule has 1 atom stereocenters. The van der Waals surface area contributed by atoms with Crippen molar-refractivity contribution >= 4 is 35.5 Å². The lowest BCUT2D eigenvalue weighted by Gasteiger charge is -2.39. The minimum atomic E-state index is -0.505. The fourth-order valence-corrected chi connectivity index (χ4v) is 6.26. The second-order valence-corrected chi connectivity index (χ2v) is 11.6. The molecule has 0 radical (unpaired) electrons. The van der Waals surface area contributed by atoms with Gasteiger partial charge in [0.25, 0.3) is 0 Å². The number of benzene rings is 1. The topological polar surface area (TPSA) is 53.1 Å². The van der Waals surface area contributed by atoms with Crippen LogP contribution < -0.4 is 0 Å². The van der Waals surface area contributed by atoms with E-state index in [2.05, 4.69) is 15.9 Å². The molecule has 3 saturated heterocycles. The van der Waals surface area contributed by atoms with Gasteiger partial charge in [0, 0.05) is 36.7 Å². The second-order valence-electron chi connectivity index (χ2n) is 9.96. The van der Waals surface area contributed by atoms with E-state index in [1.165, 1.54) is 0 Å². The molecule has 1 aromatic carbocycles. The number of hydrogen-bond acceptors (Lipinski definition) is 4. The Morgan fingerprint density at radius 2 is 1.78 bits per heavy atom. The summed E-state index contributed by atoms with van der Waals surface area (Å²) in [6.07, 6.45) is 3.37. The highest BCUT2D eigenvalue weighted by Gasteiger charge is 2.45. The predicted octanol–water partition coefficient (Wildman–Crippen LogP) is 5.41. The number of piperidine rings is 1. The fourth-order valence-electron chi connectivity index (χ4n) is 4.98. The molecule has 0 spiro atoms. The van der Waals surface area contributed by atoms with Crippen LogP contribution in [0.3, 0.4) is 0 Å². The zero-order valence-electron chi connectivity index (χ0n) is 19.3. The van der Waals surface area contributed by atoms with E-state index in [1.54, 1.807) is 4.90 Å². The van der Waals surface area contributed by atoms with Crippen LogP contribution in [0.25, 0.3) is 0 Å². The molecule has 0 saturated carbocycles. The van der Waals surface area contributed by atoms with Crippen molar-refractivity contribution in [2.45, 2.75) is 70.2 Å². The molecule has 0 N–H and O–H groups in total. The minimum absolute atomic E-state index is 0.00569. The molecule has 1 aromatic rings. The summed E-state index contributed by atoms with van der Waals surface area (Å²) in [5.74, 6) is 2.23. The van der Waals surface area contributed by atoms with Crippen LogP contribution in [-0.2, 0) is 4.74 Å². The SMILES string of the molecule is CC(C)(C)OC(=O)N1CCC(N2C(=O)N(C3CCSCC3)CC2c2cccc(Cl)c2)CC1. The number of rotatable bonds is 3. The quantitative estimate of drug-likeness (QED) is 0.581. The average molecular weight is 480 g/mol. The number of carbonyl (C=O) groups is 2. The lowest BCUT2D eigenvalue weighted by Crippen LogP contribution is -2.50. The van der Waals surface area contributed by atoms with E-state index in [0.717, 1.165) is 42.8 Å². The fraction of sp³-hybridized carbons (Fsp3) is 0.667. The van der Waals surface area contributed by atoms with Gasteiger partial charge in [0.15, 0.2) is 0 Å². The molecule has 8 heteroatoms. The van der Waals surface area contributed by atoms with Crippen LogP contribution in [0.4, 0.5) is 9.59 Å². The predicted molar refractivity (Wildman–Crippen MR) is 129 cm³/mol. The molecular weight excluding hydrogens is 446 g/mol. The van der Waals surface area contributed by atoms with Gasteiger partial charge in [-0.3, -0.25) is 0 Å². The average Bonchev–Trinajstić information content (AvgIpc) is 3.10. The molecule has 3 fully saturated rings. The molecule has 4 rings (SSSR count). The van der Waals surface area contributed by atoms with E-state index in [4.69, 9.17) is 16.3 Å². The summed E-state index contributed by atoms with van der Waals surface area (Å²) in [6.45, 7) is 7.57. The van der Waals surface area contributed by atoms with Gasteiger partial charge in [-0.2, -0.15) is 11.8 Å². The Morgan fingerprint density at radius 3 is 2.41 bits per heavy atom. The maximum Gasteiger partial charge on any atom is 0.410 e. The highest BCUT2D eigenvalue weighted by atomic mass is 35.5. The van der Waals surface area contributed by atoms with Crippen LogP contribution in [0.15, 0.2) is 24.3 Å². The second kappa shape index (κ2) is 9.72. The summed E-state index contributed by atoms with van der Waals surface area (Å²) < 4.78 is 5.54. The van der Waals surface area contributed by atoms with Crippen molar-refractivity contribution in [3.05, 3.63) is 34.9 Å². The number of nitrogens with zero attached hydrogens (tertiary/aromatic N) is 3. The Hall–Kier alpha value is -1.60. The number of urea groups is 1. The van der Waals surface area contributed by atoms with Gasteiger partial charge in [0.05, 0.1) is 6.04 Å². The van der Waals surface area contributed by atoms with E-state index in [-0.39, 0.29) is 24.2 Å². The van der Waals surface area contributed by atoms with Gasteiger partial charge in [-0.15, -0.1) is 0 Å². The molecule has 176 valence electrons. The van der Waals surface area contributed by atoms with Gasteiger partial charge >= 0.3 is 12.1 Å². The van der Waals surface area contributed by atoms with Gasteiger partial charge in [-0.1, -0.05) is 23.7 Å². The first-order chi connectivity index (χ1) is 15.2. The standard InChI is InChI=1S/C24H34ClN3O3S/c1-24(2,3)31-23(30)26-11-7-20(8-12-26)28-21(17-5-4-6-18(25)15-17)16-27(22(28)29)19-9-13-32-14-10-19/h4-6,15,19-21H,7-14,16H2,1-3H3. The molecule has 0 bridgehead atoms. The third kappa shape index (κ3) is 5.30. The zero-order chi connectivity index (χ0) is 22.9. The number of carbonyl (C=O) groups excluding carboxylic acids is 2. The summed E-state index contributed by atoms with van der Waals surface area (Å²) in [6, 6.07) is 8.46. The van der Waals surface area contributed by atoms with Crippen LogP contribution in [0, 0.1) is 0 Å². The summed E-state index contributed by atoms with van der Waals surface area (Å²) in [4.78, 5) is 32.1. The molecular formula is C24H34ClN3O3S. The molecule has 1 unspecified atom stereocenters. The van der Waals surface area contributed by atoms with E-state index in [9.17, 15) is 9.59 Å². The Morgan fingerprint density at radius 1 is 1.09 bits per heavy atom. The third-order valence-corrected chi connectivity index (χ3v) is 7.83. The number of likely N-dealkylation sites (tertiary alicyclic amines) is 1. The molecule has 0 aliphatic carbocycles. The van der Waals surface area contributed by atoms with Crippen molar-refractivity contribution in [2.75, 3.05) is 31.1 Å². The van der Waals surface area contributed by atoms with Crippen LogP contribution in [0.2, 0.25) is 5.02 Å². The van der Waals surface area contributed by atoms with Crippen molar-refractivity contribution < 1.29 is 14.3 Å². The van der Waals surface area contributed by atoms with Gasteiger partial charge < -0.3 is 19.4 Å². The van der Waals surface area contributed by atoms with Gasteiger partial charge in [0.2, 0.25) is 0 Å². The molecule has 3 aliphatic rings. The van der Waals surface area contributed by atoms with Crippen LogP contribution in [0.5, 0.6) is 0 Å². The summed E-state index contributed by atoms with van der Waals surface area (Å²) >= 11 is 8.28. The van der Waals surface area contributed by atoms with E-state index in [0.29, 0.717) is 30.7 Å². The first-order valence-electron chi connectivity index (χ1n) is 11.6. The molecule has 6 nitrogen and oxygen atoms in total. The summed E-state index contributed by atoms with van der Waals surface area (Å²) in [5, 5.41) is 0.696. The van der Waals surface area contributed by atoms with Crippen LogP contribution in [-0.4, -0.2) is 75.6 Å². The number of halogens is 1. The van der Waals surface area contributed by atoms with Crippen molar-refractivity contribution in [2.24, 2.45) is 0 Å². The van der Waals surface area contributed by atoms with Gasteiger partial charge in [0.1, 0.15) is 5.60 Å².